The molecule has 17 heavy (non-hydrogen) atoms. The molecule has 1 heterocycles. The minimum Gasteiger partial charge on any atom is -0.392 e. The Labute approximate surface area is 104 Å². The van der Waals surface area contributed by atoms with E-state index >= 15 is 0 Å². The highest BCUT2D eigenvalue weighted by atomic mass is 16.3. The van der Waals surface area contributed by atoms with Crippen LogP contribution in [-0.4, -0.2) is 23.1 Å². The average molecular weight is 231 g/mol. The van der Waals surface area contributed by atoms with Crippen LogP contribution in [0.3, 0.4) is 0 Å². The molecule has 0 aromatic heterocycles. The maximum absolute atomic E-state index is 8.99. The fourth-order valence-corrected chi connectivity index (χ4v) is 2.36. The number of nitrogens with zero attached hydrogens (tertiary/aromatic N) is 1. The molecule has 1 fully saturated rings. The fourth-order valence-electron chi connectivity index (χ4n) is 2.36. The summed E-state index contributed by atoms with van der Waals surface area (Å²) in [5, 5.41) is 8.99. The maximum Gasteiger partial charge on any atom is 0.0681 e. The van der Waals surface area contributed by atoms with E-state index in [4.69, 9.17) is 5.11 Å². The third kappa shape index (κ3) is 3.42. The van der Waals surface area contributed by atoms with Crippen LogP contribution < -0.4 is 0 Å². The van der Waals surface area contributed by atoms with Gasteiger partial charge in [-0.15, -0.1) is 6.58 Å². The molecule has 0 amide bonds. The second-order valence-electron chi connectivity index (χ2n) is 4.82. The Morgan fingerprint density at radius 1 is 1.18 bits per heavy atom. The van der Waals surface area contributed by atoms with Crippen LogP contribution in [0.2, 0.25) is 0 Å². The van der Waals surface area contributed by atoms with Gasteiger partial charge in [0, 0.05) is 6.54 Å². The smallest absolute Gasteiger partial charge is 0.0681 e. The van der Waals surface area contributed by atoms with Crippen molar-refractivity contribution in [3.05, 3.63) is 48.0 Å². The van der Waals surface area contributed by atoms with Gasteiger partial charge in [0.25, 0.3) is 0 Å². The zero-order valence-electron chi connectivity index (χ0n) is 10.3. The zero-order valence-corrected chi connectivity index (χ0v) is 10.3. The average Bonchev–Trinajstić information content (AvgIpc) is 2.40. The zero-order chi connectivity index (χ0) is 12.1. The largest absolute Gasteiger partial charge is 0.392 e. The summed E-state index contributed by atoms with van der Waals surface area (Å²) in [7, 11) is 0. The molecule has 0 spiro atoms. The van der Waals surface area contributed by atoms with Crippen LogP contribution in [0.5, 0.6) is 0 Å². The number of hydrogen-bond donors (Lipinski definition) is 1. The second kappa shape index (κ2) is 5.99. The Bertz CT molecular complexity index is 350. The number of aliphatic hydroxyl groups is 1. The first kappa shape index (κ1) is 12.3. The van der Waals surface area contributed by atoms with Gasteiger partial charge in [0.05, 0.1) is 6.61 Å². The number of likely N-dealkylation sites (tertiary alicyclic amines) is 1. The molecule has 92 valence electrons. The lowest BCUT2D eigenvalue weighted by molar-refractivity contribution is 0.196. The molecule has 1 N–H and O–H groups in total. The first-order chi connectivity index (χ1) is 8.31. The van der Waals surface area contributed by atoms with E-state index in [2.05, 4.69) is 29.7 Å². The molecular weight excluding hydrogens is 210 g/mol. The van der Waals surface area contributed by atoms with E-state index in [1.165, 1.54) is 31.5 Å². The quantitative estimate of drug-likeness (QED) is 0.805. The van der Waals surface area contributed by atoms with Crippen molar-refractivity contribution in [3.63, 3.8) is 0 Å². The third-order valence-electron chi connectivity index (χ3n) is 3.58. The van der Waals surface area contributed by atoms with Crippen molar-refractivity contribution < 1.29 is 5.11 Å². The Morgan fingerprint density at radius 2 is 1.76 bits per heavy atom. The molecule has 1 saturated heterocycles. The molecule has 0 atom stereocenters. The molecule has 0 unspecified atom stereocenters. The summed E-state index contributed by atoms with van der Waals surface area (Å²) in [6, 6.07) is 8.24. The number of rotatable bonds is 4. The molecule has 2 nitrogen and oxygen atoms in total. The van der Waals surface area contributed by atoms with Gasteiger partial charge in [-0.25, -0.2) is 0 Å². The standard InChI is InChI=1S/C15H21NO/c1-2-13-7-9-16(10-8-13)11-14-3-5-15(12-17)6-4-14/h2-6,13,17H,1,7-12H2. The highest BCUT2D eigenvalue weighted by Crippen LogP contribution is 2.19. The van der Waals surface area contributed by atoms with Crippen molar-refractivity contribution >= 4 is 0 Å². The number of hydrogen-bond acceptors (Lipinski definition) is 2. The van der Waals surface area contributed by atoms with Crippen LogP contribution in [0.25, 0.3) is 0 Å². The number of allylic oxidation sites excluding steroid dienone is 1. The molecule has 2 rings (SSSR count). The molecule has 0 radical (unpaired) electrons. The molecule has 1 aliphatic rings. The van der Waals surface area contributed by atoms with Crippen LogP contribution in [-0.2, 0) is 13.2 Å². The van der Waals surface area contributed by atoms with Gasteiger partial charge in [-0.05, 0) is 43.0 Å². The fraction of sp³-hybridized carbons (Fsp3) is 0.467. The second-order valence-corrected chi connectivity index (χ2v) is 4.82. The number of piperidine rings is 1. The molecule has 0 bridgehead atoms. The first-order valence-corrected chi connectivity index (χ1v) is 6.35. The van der Waals surface area contributed by atoms with Crippen LogP contribution in [0.1, 0.15) is 24.0 Å². The van der Waals surface area contributed by atoms with Gasteiger partial charge in [-0.1, -0.05) is 30.3 Å². The predicted octanol–water partition coefficient (Wildman–Crippen LogP) is 2.58. The summed E-state index contributed by atoms with van der Waals surface area (Å²) in [5.74, 6) is 0.711. The predicted molar refractivity (Wildman–Crippen MR) is 70.6 cm³/mol. The third-order valence-corrected chi connectivity index (χ3v) is 3.58. The van der Waals surface area contributed by atoms with E-state index in [1.807, 2.05) is 12.1 Å². The Morgan fingerprint density at radius 3 is 2.29 bits per heavy atom. The van der Waals surface area contributed by atoms with Crippen LogP contribution in [0, 0.1) is 5.92 Å². The normalized spacial score (nSPS) is 18.2. The summed E-state index contributed by atoms with van der Waals surface area (Å²) in [6.45, 7) is 7.35. The molecule has 1 aliphatic heterocycles. The summed E-state index contributed by atoms with van der Waals surface area (Å²) in [4.78, 5) is 2.49. The Kier molecular flexibility index (Phi) is 4.35. The highest BCUT2D eigenvalue weighted by molar-refractivity contribution is 5.21. The van der Waals surface area contributed by atoms with E-state index in [0.717, 1.165) is 12.1 Å². The maximum atomic E-state index is 8.99. The summed E-state index contributed by atoms with van der Waals surface area (Å²) in [6.07, 6.45) is 4.56. The Balaban J connectivity index is 1.86. The van der Waals surface area contributed by atoms with Gasteiger partial charge in [-0.2, -0.15) is 0 Å². The summed E-state index contributed by atoms with van der Waals surface area (Å²) >= 11 is 0. The lowest BCUT2D eigenvalue weighted by Crippen LogP contribution is -2.32. The minimum absolute atomic E-state index is 0.130. The number of aliphatic hydroxyl groups excluding tert-OH is 1. The van der Waals surface area contributed by atoms with Gasteiger partial charge >= 0.3 is 0 Å². The molecule has 1 aromatic carbocycles. The van der Waals surface area contributed by atoms with Gasteiger partial charge in [0.1, 0.15) is 0 Å². The van der Waals surface area contributed by atoms with Crippen molar-refractivity contribution in [1.29, 1.82) is 0 Å². The summed E-state index contributed by atoms with van der Waals surface area (Å²) < 4.78 is 0. The molecule has 1 aromatic rings. The van der Waals surface area contributed by atoms with Crippen molar-refractivity contribution in [2.45, 2.75) is 26.0 Å². The lowest BCUT2D eigenvalue weighted by atomic mass is 9.97. The van der Waals surface area contributed by atoms with Crippen LogP contribution in [0.4, 0.5) is 0 Å². The van der Waals surface area contributed by atoms with Gasteiger partial charge in [0.15, 0.2) is 0 Å². The van der Waals surface area contributed by atoms with Crippen molar-refractivity contribution in [3.8, 4) is 0 Å². The Hall–Kier alpha value is -1.12. The monoisotopic (exact) mass is 231 g/mol. The van der Waals surface area contributed by atoms with Gasteiger partial charge in [0.2, 0.25) is 0 Å². The van der Waals surface area contributed by atoms with E-state index in [-0.39, 0.29) is 6.61 Å². The van der Waals surface area contributed by atoms with Crippen molar-refractivity contribution in [2.75, 3.05) is 13.1 Å². The first-order valence-electron chi connectivity index (χ1n) is 6.35. The van der Waals surface area contributed by atoms with E-state index in [0.29, 0.717) is 5.92 Å². The molecular formula is C15H21NO. The highest BCUT2D eigenvalue weighted by Gasteiger charge is 2.16. The van der Waals surface area contributed by atoms with Gasteiger partial charge in [-0.3, -0.25) is 4.90 Å². The minimum atomic E-state index is 0.130. The SMILES string of the molecule is C=CC1CCN(Cc2ccc(CO)cc2)CC1. The molecule has 2 heteroatoms. The van der Waals surface area contributed by atoms with E-state index in [9.17, 15) is 0 Å². The van der Waals surface area contributed by atoms with Crippen molar-refractivity contribution in [1.82, 2.24) is 4.90 Å². The van der Waals surface area contributed by atoms with Gasteiger partial charge < -0.3 is 5.11 Å². The number of benzene rings is 1. The topological polar surface area (TPSA) is 23.5 Å². The van der Waals surface area contributed by atoms with E-state index < -0.39 is 0 Å². The lowest BCUT2D eigenvalue weighted by Gasteiger charge is -2.30. The van der Waals surface area contributed by atoms with E-state index in [1.54, 1.807) is 0 Å². The molecule has 0 aliphatic carbocycles. The molecule has 0 saturated carbocycles. The van der Waals surface area contributed by atoms with Crippen LogP contribution in [0.15, 0.2) is 36.9 Å². The van der Waals surface area contributed by atoms with Crippen molar-refractivity contribution in [2.24, 2.45) is 5.92 Å². The van der Waals surface area contributed by atoms with Crippen LogP contribution >= 0.6 is 0 Å². The summed E-state index contributed by atoms with van der Waals surface area (Å²) in [5.41, 5.74) is 2.32.